The molecule has 0 bridgehead atoms. The third kappa shape index (κ3) is 8.66. The second kappa shape index (κ2) is 12.1. The van der Waals surface area contributed by atoms with Crippen molar-refractivity contribution < 1.29 is 34.2 Å². The number of carbonyl (C=O) groups excluding carboxylic acids is 4. The number of aliphatic hydroxyl groups excluding tert-OH is 1. The van der Waals surface area contributed by atoms with Crippen LogP contribution in [0.15, 0.2) is 12.5 Å². The Balaban J connectivity index is 2.53. The standard InChI is InChI=1S/C16H25N7O7/c17-9(1-2-12(18)25)14(27)20-5-13(26)22-11(6-24)15(28)23-10(16(29)30)3-8-4-19-7-21-8/h4,7,9-11,24H,1-3,5-6,17H2,(H2,18,25)(H,19,21)(H,20,27)(H,22,26)(H,23,28)(H,29,30). The molecule has 0 aliphatic rings. The van der Waals surface area contributed by atoms with Crippen molar-refractivity contribution in [1.82, 2.24) is 25.9 Å². The molecule has 3 unspecified atom stereocenters. The minimum atomic E-state index is -1.44. The average Bonchev–Trinajstić information content (AvgIpc) is 3.20. The lowest BCUT2D eigenvalue weighted by Crippen LogP contribution is -2.55. The quantitative estimate of drug-likeness (QED) is 0.151. The topological polar surface area (TPSA) is 243 Å². The van der Waals surface area contributed by atoms with Crippen LogP contribution in [-0.4, -0.2) is 81.1 Å². The number of H-pyrrole nitrogens is 1. The monoisotopic (exact) mass is 427 g/mol. The van der Waals surface area contributed by atoms with Crippen LogP contribution in [0.3, 0.4) is 0 Å². The van der Waals surface area contributed by atoms with Gasteiger partial charge in [-0.25, -0.2) is 9.78 Å². The van der Waals surface area contributed by atoms with Crippen molar-refractivity contribution in [3.63, 3.8) is 0 Å². The van der Waals surface area contributed by atoms with E-state index in [1.54, 1.807) is 0 Å². The number of carbonyl (C=O) groups is 5. The van der Waals surface area contributed by atoms with Gasteiger partial charge in [0.1, 0.15) is 12.1 Å². The van der Waals surface area contributed by atoms with E-state index in [0.717, 1.165) is 0 Å². The number of aromatic nitrogens is 2. The number of carboxylic acids is 1. The first-order chi connectivity index (χ1) is 14.1. The summed E-state index contributed by atoms with van der Waals surface area (Å²) in [6, 6.07) is -3.82. The second-order valence-electron chi connectivity index (χ2n) is 6.31. The fraction of sp³-hybridized carbons (Fsp3) is 0.500. The van der Waals surface area contributed by atoms with Crippen molar-refractivity contribution in [2.75, 3.05) is 13.2 Å². The fourth-order valence-corrected chi connectivity index (χ4v) is 2.26. The minimum absolute atomic E-state index is 0.00261. The van der Waals surface area contributed by atoms with Crippen LogP contribution >= 0.6 is 0 Å². The average molecular weight is 427 g/mol. The smallest absolute Gasteiger partial charge is 0.326 e. The summed E-state index contributed by atoms with van der Waals surface area (Å²) in [4.78, 5) is 64.4. The number of nitrogens with two attached hydrogens (primary N) is 2. The number of hydrogen-bond donors (Lipinski definition) is 8. The molecule has 0 aromatic carbocycles. The highest BCUT2D eigenvalue weighted by molar-refractivity contribution is 5.92. The molecule has 1 rings (SSSR count). The van der Waals surface area contributed by atoms with Crippen LogP contribution in [0.2, 0.25) is 0 Å². The van der Waals surface area contributed by atoms with Crippen LogP contribution in [0.1, 0.15) is 18.5 Å². The maximum absolute atomic E-state index is 12.2. The van der Waals surface area contributed by atoms with E-state index in [1.807, 2.05) is 0 Å². The number of hydrogen-bond acceptors (Lipinski definition) is 8. The SMILES string of the molecule is NC(=O)CCC(N)C(=O)NCC(=O)NC(CO)C(=O)NC(Cc1cnc[nH]1)C(=O)O. The van der Waals surface area contributed by atoms with Gasteiger partial charge in [-0.3, -0.25) is 19.2 Å². The van der Waals surface area contributed by atoms with Gasteiger partial charge in [0.15, 0.2) is 0 Å². The van der Waals surface area contributed by atoms with E-state index in [0.29, 0.717) is 5.69 Å². The molecule has 166 valence electrons. The Hall–Kier alpha value is -3.52. The van der Waals surface area contributed by atoms with Gasteiger partial charge in [0, 0.05) is 24.7 Å². The van der Waals surface area contributed by atoms with Crippen LogP contribution in [0.5, 0.6) is 0 Å². The van der Waals surface area contributed by atoms with E-state index in [1.165, 1.54) is 12.5 Å². The van der Waals surface area contributed by atoms with Gasteiger partial charge in [-0.2, -0.15) is 0 Å². The second-order valence-corrected chi connectivity index (χ2v) is 6.31. The zero-order valence-electron chi connectivity index (χ0n) is 16.0. The summed E-state index contributed by atoms with van der Waals surface area (Å²) in [5, 5.41) is 25.2. The zero-order valence-corrected chi connectivity index (χ0v) is 16.0. The molecule has 14 heteroatoms. The summed E-state index contributed by atoms with van der Waals surface area (Å²) in [6.45, 7) is -1.36. The third-order valence-corrected chi connectivity index (χ3v) is 3.89. The summed E-state index contributed by atoms with van der Waals surface area (Å²) in [5.74, 6) is -4.40. The molecule has 1 heterocycles. The van der Waals surface area contributed by atoms with Crippen LogP contribution < -0.4 is 27.4 Å². The fourth-order valence-electron chi connectivity index (χ4n) is 2.26. The number of amides is 4. The molecule has 0 spiro atoms. The number of carboxylic acid groups (broad SMARTS) is 1. The Morgan fingerprint density at radius 1 is 1.13 bits per heavy atom. The Morgan fingerprint density at radius 3 is 2.37 bits per heavy atom. The molecule has 4 amide bonds. The lowest BCUT2D eigenvalue weighted by Gasteiger charge is -2.20. The van der Waals surface area contributed by atoms with E-state index in [9.17, 15) is 34.2 Å². The number of rotatable bonds is 13. The highest BCUT2D eigenvalue weighted by atomic mass is 16.4. The van der Waals surface area contributed by atoms with Gasteiger partial charge in [0.05, 0.1) is 25.5 Å². The van der Waals surface area contributed by atoms with Crippen LogP contribution in [0, 0.1) is 0 Å². The Bertz CT molecular complexity index is 753. The Morgan fingerprint density at radius 2 is 1.83 bits per heavy atom. The van der Waals surface area contributed by atoms with Crippen molar-refractivity contribution >= 4 is 29.6 Å². The number of nitrogens with zero attached hydrogens (tertiary/aromatic N) is 1. The summed E-state index contributed by atoms with van der Waals surface area (Å²) in [6.07, 6.45) is 2.55. The van der Waals surface area contributed by atoms with Crippen LogP contribution in [0.4, 0.5) is 0 Å². The van der Waals surface area contributed by atoms with Crippen molar-refractivity contribution in [2.45, 2.75) is 37.4 Å². The summed E-state index contributed by atoms with van der Waals surface area (Å²) < 4.78 is 0. The molecule has 14 nitrogen and oxygen atoms in total. The predicted octanol–water partition coefficient (Wildman–Crippen LogP) is -4.29. The van der Waals surface area contributed by atoms with Gasteiger partial charge in [0.25, 0.3) is 0 Å². The number of imidazole rings is 1. The van der Waals surface area contributed by atoms with Crippen molar-refractivity contribution in [3.05, 3.63) is 18.2 Å². The van der Waals surface area contributed by atoms with Gasteiger partial charge in [-0.05, 0) is 6.42 Å². The van der Waals surface area contributed by atoms with Gasteiger partial charge in [-0.1, -0.05) is 0 Å². The highest BCUT2D eigenvalue weighted by Crippen LogP contribution is 2.00. The maximum Gasteiger partial charge on any atom is 0.326 e. The summed E-state index contributed by atoms with van der Waals surface area (Å²) in [7, 11) is 0. The van der Waals surface area contributed by atoms with Crippen molar-refractivity contribution in [2.24, 2.45) is 11.5 Å². The maximum atomic E-state index is 12.2. The number of aliphatic carboxylic acids is 1. The summed E-state index contributed by atoms with van der Waals surface area (Å²) in [5.41, 5.74) is 11.0. The van der Waals surface area contributed by atoms with Gasteiger partial charge >= 0.3 is 5.97 Å². The normalized spacial score (nSPS) is 13.5. The Kier molecular flexibility index (Phi) is 9.91. The first kappa shape index (κ1) is 24.5. The highest BCUT2D eigenvalue weighted by Gasteiger charge is 2.27. The molecule has 0 radical (unpaired) electrons. The van der Waals surface area contributed by atoms with Crippen molar-refractivity contribution in [1.29, 1.82) is 0 Å². The molecule has 1 aromatic rings. The Labute approximate surface area is 170 Å². The molecule has 30 heavy (non-hydrogen) atoms. The van der Waals surface area contributed by atoms with Crippen molar-refractivity contribution in [3.8, 4) is 0 Å². The molecular weight excluding hydrogens is 402 g/mol. The number of aromatic amines is 1. The molecule has 0 aliphatic heterocycles. The number of primary amides is 1. The van der Waals surface area contributed by atoms with E-state index in [4.69, 9.17) is 11.5 Å². The van der Waals surface area contributed by atoms with E-state index in [-0.39, 0.29) is 19.3 Å². The van der Waals surface area contributed by atoms with E-state index < -0.39 is 60.9 Å². The molecule has 1 aromatic heterocycles. The third-order valence-electron chi connectivity index (χ3n) is 3.89. The number of aliphatic hydroxyl groups is 1. The predicted molar refractivity (Wildman–Crippen MR) is 100 cm³/mol. The van der Waals surface area contributed by atoms with E-state index >= 15 is 0 Å². The first-order valence-corrected chi connectivity index (χ1v) is 8.86. The van der Waals surface area contributed by atoms with Gasteiger partial charge in [0.2, 0.25) is 23.6 Å². The molecule has 0 fully saturated rings. The summed E-state index contributed by atoms with van der Waals surface area (Å²) >= 11 is 0. The number of nitrogens with one attached hydrogen (secondary N) is 4. The lowest BCUT2D eigenvalue weighted by atomic mass is 10.1. The van der Waals surface area contributed by atoms with Crippen LogP contribution in [-0.2, 0) is 30.4 Å². The van der Waals surface area contributed by atoms with E-state index in [2.05, 4.69) is 25.9 Å². The molecule has 3 atom stereocenters. The van der Waals surface area contributed by atoms with Gasteiger partial charge in [-0.15, -0.1) is 0 Å². The molecule has 0 saturated heterocycles. The molecule has 10 N–H and O–H groups in total. The minimum Gasteiger partial charge on any atom is -0.480 e. The first-order valence-electron chi connectivity index (χ1n) is 8.86. The van der Waals surface area contributed by atoms with Crippen LogP contribution in [0.25, 0.3) is 0 Å². The van der Waals surface area contributed by atoms with Gasteiger partial charge < -0.3 is 42.6 Å². The zero-order chi connectivity index (χ0) is 22.7. The lowest BCUT2D eigenvalue weighted by molar-refractivity contribution is -0.142. The molecule has 0 saturated carbocycles. The largest absolute Gasteiger partial charge is 0.480 e. The molecular formula is C16H25N7O7. The molecule has 0 aliphatic carbocycles.